The van der Waals surface area contributed by atoms with Crippen LogP contribution in [0.4, 0.5) is 0 Å². The molecule has 0 heterocycles. The van der Waals surface area contributed by atoms with E-state index in [-0.39, 0.29) is 50.0 Å². The average molecular weight is 912 g/mol. The largest absolute Gasteiger partial charge is 0.370 e. The number of hydrogen-bond donors (Lipinski definition) is 14. The molecule has 0 saturated heterocycles. The first kappa shape index (κ1) is 57.4. The lowest BCUT2D eigenvalue weighted by molar-refractivity contribution is -0.132. The lowest BCUT2D eigenvalue weighted by atomic mass is 10.0. The Bertz CT molecular complexity index is 1640. The summed E-state index contributed by atoms with van der Waals surface area (Å²) in [6.07, 6.45) is 2.34. The van der Waals surface area contributed by atoms with Gasteiger partial charge in [-0.25, -0.2) is 0 Å². The van der Waals surface area contributed by atoms with Crippen molar-refractivity contribution in [2.45, 2.75) is 104 Å². The number of hydrogen-bond acceptors (Lipinski definition) is 13. The van der Waals surface area contributed by atoms with Crippen molar-refractivity contribution in [1.82, 2.24) is 53.2 Å². The summed E-state index contributed by atoms with van der Waals surface area (Å²) in [6.45, 7) is 5.75. The van der Waals surface area contributed by atoms with Crippen molar-refractivity contribution in [3.05, 3.63) is 0 Å². The molecule has 26 heteroatoms. The SMILES string of the molecule is CC(=O)N[C@@H](CCCN=C(N)N)C(=O)NCC(=O)NCC(=O)NCC(=O)NCC(=O)N[C@@H](CC(C)C)C(=O)NCC(=O)N[C@@H](CC(C)C)C(=O)NCC(=O)N[C@@H](CCCCN)C(N)=O. The van der Waals surface area contributed by atoms with E-state index in [1.807, 2.05) is 13.8 Å². The van der Waals surface area contributed by atoms with Crippen LogP contribution in [0.2, 0.25) is 0 Å². The van der Waals surface area contributed by atoms with Crippen molar-refractivity contribution in [3.63, 3.8) is 0 Å². The topological polar surface area (TPSA) is 425 Å². The molecular formula is C38H69N15O11. The van der Waals surface area contributed by atoms with E-state index in [1.165, 1.54) is 6.92 Å². The standard InChI is InChI=1S/C38H69N15O11/c1-21(2)13-26(36(63)49-20-33(60)53-27(14-22(3)4)37(64)48-19-32(59)51-24(34(40)61)9-6-7-11-39)52-31(58)18-46-29(56)16-44-28(55)15-45-30(57)17-47-35(62)25(50-23(5)54)10-8-12-43-38(41)42/h21-22,24-27H,6-20,39H2,1-5H3,(H2,40,61)(H,44,55)(H,45,57)(H,46,56)(H,47,62)(H,48,64)(H,49,63)(H,50,54)(H,51,59)(H,52,58)(H,53,60)(H4,41,42,43)/t24-,25-,26-,27-/m0/s1. The van der Waals surface area contributed by atoms with Gasteiger partial charge in [-0.2, -0.15) is 0 Å². The van der Waals surface area contributed by atoms with E-state index in [9.17, 15) is 52.7 Å². The number of amides is 11. The van der Waals surface area contributed by atoms with Crippen molar-refractivity contribution in [3.8, 4) is 0 Å². The molecule has 0 bridgehead atoms. The van der Waals surface area contributed by atoms with Gasteiger partial charge in [0, 0.05) is 13.5 Å². The van der Waals surface area contributed by atoms with Crippen molar-refractivity contribution in [2.24, 2.45) is 39.8 Å². The van der Waals surface area contributed by atoms with Crippen molar-refractivity contribution < 1.29 is 52.7 Å². The fraction of sp³-hybridized carbons (Fsp3) is 0.684. The average Bonchev–Trinajstić information content (AvgIpc) is 3.21. The molecule has 0 saturated carbocycles. The number of guanidine groups is 1. The number of rotatable bonds is 32. The number of nitrogens with two attached hydrogens (primary N) is 4. The molecule has 0 aliphatic rings. The lowest BCUT2D eigenvalue weighted by Crippen LogP contribution is -2.54. The van der Waals surface area contributed by atoms with Crippen molar-refractivity contribution in [1.29, 1.82) is 0 Å². The van der Waals surface area contributed by atoms with Gasteiger partial charge in [0.05, 0.1) is 39.3 Å². The molecule has 0 aliphatic carbocycles. The van der Waals surface area contributed by atoms with Gasteiger partial charge in [0.1, 0.15) is 24.2 Å². The zero-order chi connectivity index (χ0) is 48.8. The van der Waals surface area contributed by atoms with Gasteiger partial charge in [0.25, 0.3) is 0 Å². The molecule has 64 heavy (non-hydrogen) atoms. The van der Waals surface area contributed by atoms with Crippen LogP contribution in [0, 0.1) is 11.8 Å². The fourth-order valence-electron chi connectivity index (χ4n) is 5.53. The van der Waals surface area contributed by atoms with Crippen LogP contribution in [-0.2, 0) is 52.7 Å². The molecule has 26 nitrogen and oxygen atoms in total. The molecular weight excluding hydrogens is 843 g/mol. The predicted octanol–water partition coefficient (Wildman–Crippen LogP) is -6.60. The molecule has 362 valence electrons. The summed E-state index contributed by atoms with van der Waals surface area (Å²) in [6, 6.07) is -4.11. The van der Waals surface area contributed by atoms with Gasteiger partial charge in [-0.1, -0.05) is 27.7 Å². The van der Waals surface area contributed by atoms with Crippen LogP contribution in [-0.4, -0.2) is 147 Å². The number of carbonyl (C=O) groups is 11. The van der Waals surface area contributed by atoms with Crippen LogP contribution in [0.25, 0.3) is 0 Å². The van der Waals surface area contributed by atoms with Crippen LogP contribution in [0.5, 0.6) is 0 Å². The first-order valence-corrected chi connectivity index (χ1v) is 20.9. The lowest BCUT2D eigenvalue weighted by Gasteiger charge is -2.22. The fourth-order valence-corrected chi connectivity index (χ4v) is 5.53. The van der Waals surface area contributed by atoms with Crippen molar-refractivity contribution >= 4 is 70.9 Å². The van der Waals surface area contributed by atoms with E-state index >= 15 is 0 Å². The third-order valence-electron chi connectivity index (χ3n) is 8.59. The zero-order valence-electron chi connectivity index (χ0n) is 37.3. The third-order valence-corrected chi connectivity index (χ3v) is 8.59. The Balaban J connectivity index is 4.92. The molecule has 0 rings (SSSR count). The van der Waals surface area contributed by atoms with Gasteiger partial charge in [-0.15, -0.1) is 0 Å². The highest BCUT2D eigenvalue weighted by Crippen LogP contribution is 2.07. The van der Waals surface area contributed by atoms with E-state index in [2.05, 4.69) is 58.2 Å². The molecule has 0 radical (unpaired) electrons. The van der Waals surface area contributed by atoms with Gasteiger partial charge >= 0.3 is 0 Å². The molecule has 11 amide bonds. The minimum atomic E-state index is -1.12. The molecule has 0 fully saturated rings. The van der Waals surface area contributed by atoms with E-state index in [1.54, 1.807) is 13.8 Å². The van der Waals surface area contributed by atoms with Gasteiger partial charge in [-0.05, 0) is 63.3 Å². The summed E-state index contributed by atoms with van der Waals surface area (Å²) in [5.41, 5.74) is 21.4. The monoisotopic (exact) mass is 912 g/mol. The minimum Gasteiger partial charge on any atom is -0.370 e. The Hall–Kier alpha value is -6.60. The number of primary amides is 1. The van der Waals surface area contributed by atoms with E-state index in [0.29, 0.717) is 25.8 Å². The quantitative estimate of drug-likeness (QED) is 0.0170. The molecule has 0 spiro atoms. The Labute approximate surface area is 372 Å². The number of nitrogens with one attached hydrogen (secondary N) is 10. The summed E-state index contributed by atoms with van der Waals surface area (Å²) in [5.74, 6) is -7.99. The summed E-state index contributed by atoms with van der Waals surface area (Å²) in [4.78, 5) is 140. The Morgan fingerprint density at radius 3 is 1.19 bits per heavy atom. The maximum absolute atomic E-state index is 13.1. The van der Waals surface area contributed by atoms with E-state index in [4.69, 9.17) is 22.9 Å². The normalized spacial score (nSPS) is 12.5. The molecule has 0 unspecified atom stereocenters. The minimum absolute atomic E-state index is 0.0668. The number of nitrogens with zero attached hydrogens (tertiary/aromatic N) is 1. The smallest absolute Gasteiger partial charge is 0.243 e. The third kappa shape index (κ3) is 28.8. The first-order chi connectivity index (χ1) is 30.0. The molecule has 0 aliphatic heterocycles. The van der Waals surface area contributed by atoms with E-state index in [0.717, 1.165) is 0 Å². The summed E-state index contributed by atoms with van der Waals surface area (Å²) in [7, 11) is 0. The first-order valence-electron chi connectivity index (χ1n) is 20.9. The maximum Gasteiger partial charge on any atom is 0.243 e. The predicted molar refractivity (Wildman–Crippen MR) is 232 cm³/mol. The maximum atomic E-state index is 13.1. The summed E-state index contributed by atoms with van der Waals surface area (Å²) in [5, 5.41) is 24.0. The second-order valence-corrected chi connectivity index (χ2v) is 15.5. The molecule has 0 aromatic heterocycles. The van der Waals surface area contributed by atoms with Gasteiger partial charge in [0.15, 0.2) is 5.96 Å². The summed E-state index contributed by atoms with van der Waals surface area (Å²) < 4.78 is 0. The molecule has 18 N–H and O–H groups in total. The van der Waals surface area contributed by atoms with Crippen LogP contribution < -0.4 is 76.1 Å². The van der Waals surface area contributed by atoms with Gasteiger partial charge < -0.3 is 76.1 Å². The highest BCUT2D eigenvalue weighted by atomic mass is 16.2. The highest BCUT2D eigenvalue weighted by Gasteiger charge is 2.26. The zero-order valence-corrected chi connectivity index (χ0v) is 37.3. The van der Waals surface area contributed by atoms with Crippen LogP contribution >= 0.6 is 0 Å². The van der Waals surface area contributed by atoms with Gasteiger partial charge in [-0.3, -0.25) is 57.7 Å². The second kappa shape index (κ2) is 32.1. The second-order valence-electron chi connectivity index (χ2n) is 15.5. The highest BCUT2D eigenvalue weighted by molar-refractivity contribution is 5.95. The van der Waals surface area contributed by atoms with Gasteiger partial charge in [0.2, 0.25) is 65.0 Å². The molecule has 0 aromatic carbocycles. The summed E-state index contributed by atoms with van der Waals surface area (Å²) >= 11 is 0. The van der Waals surface area contributed by atoms with Crippen LogP contribution in [0.1, 0.15) is 79.6 Å². The number of aliphatic imine (C=N–C) groups is 1. The van der Waals surface area contributed by atoms with E-state index < -0.39 is 128 Å². The molecule has 0 aromatic rings. The van der Waals surface area contributed by atoms with Crippen LogP contribution in [0.3, 0.4) is 0 Å². The van der Waals surface area contributed by atoms with Crippen LogP contribution in [0.15, 0.2) is 4.99 Å². The Kier molecular flexibility index (Phi) is 28.8. The Morgan fingerprint density at radius 2 is 0.812 bits per heavy atom. The van der Waals surface area contributed by atoms with Crippen molar-refractivity contribution in [2.75, 3.05) is 52.4 Å². The Morgan fingerprint density at radius 1 is 0.453 bits per heavy atom. The molecule has 4 atom stereocenters. The number of carbonyl (C=O) groups excluding carboxylic acids is 11. The number of unbranched alkanes of at least 4 members (excludes halogenated alkanes) is 1.